The molecule has 0 saturated carbocycles. The summed E-state index contributed by atoms with van der Waals surface area (Å²) in [6.45, 7) is 5.73. The number of ether oxygens (including phenoxy) is 1. The number of phenols is 3. The summed E-state index contributed by atoms with van der Waals surface area (Å²) < 4.78 is 11.2. The minimum atomic E-state index is -0.368. The van der Waals surface area contributed by atoms with Crippen LogP contribution in [0.1, 0.15) is 18.9 Å². The number of hydrogen-bond donors (Lipinski definition) is 3. The summed E-state index contributed by atoms with van der Waals surface area (Å²) >= 11 is 0. The van der Waals surface area contributed by atoms with Crippen LogP contribution in [-0.2, 0) is 6.42 Å². The fourth-order valence-electron chi connectivity index (χ4n) is 2.94. The molecule has 0 aliphatic heterocycles. The fraction of sp³-hybridized carbons (Fsp3) is 0.190. The molecule has 1 aromatic heterocycles. The summed E-state index contributed by atoms with van der Waals surface area (Å²) in [6.07, 6.45) is 1.03. The SMILES string of the molecule is C=C(C)CCc1c(O)cc(OC)c2c(=O)cc(-c3ccc(O)cc3O)oc12. The topological polar surface area (TPSA) is 100 Å². The number of phenolic OH excluding ortho intramolecular Hbond substituents is 3. The molecule has 27 heavy (non-hydrogen) atoms. The molecule has 3 rings (SSSR count). The number of rotatable bonds is 5. The van der Waals surface area contributed by atoms with Crippen molar-refractivity contribution in [3.63, 3.8) is 0 Å². The molecule has 1 heterocycles. The number of methoxy groups -OCH3 is 1. The van der Waals surface area contributed by atoms with Gasteiger partial charge in [-0.15, -0.1) is 6.58 Å². The largest absolute Gasteiger partial charge is 0.508 e. The molecule has 0 spiro atoms. The van der Waals surface area contributed by atoms with Crippen LogP contribution in [0.25, 0.3) is 22.3 Å². The average molecular weight is 368 g/mol. The summed E-state index contributed by atoms with van der Waals surface area (Å²) in [5.41, 5.74) is 1.47. The Labute approximate surface area is 155 Å². The fourth-order valence-corrected chi connectivity index (χ4v) is 2.94. The van der Waals surface area contributed by atoms with Gasteiger partial charge in [0, 0.05) is 23.8 Å². The van der Waals surface area contributed by atoms with Gasteiger partial charge >= 0.3 is 0 Å². The van der Waals surface area contributed by atoms with Crippen molar-refractivity contribution in [2.45, 2.75) is 19.8 Å². The summed E-state index contributed by atoms with van der Waals surface area (Å²) in [5.74, 6) is -0.0594. The number of hydrogen-bond acceptors (Lipinski definition) is 6. The highest BCUT2D eigenvalue weighted by atomic mass is 16.5. The molecule has 0 bridgehead atoms. The van der Waals surface area contributed by atoms with E-state index in [9.17, 15) is 20.1 Å². The van der Waals surface area contributed by atoms with E-state index in [1.54, 1.807) is 0 Å². The first-order chi connectivity index (χ1) is 12.8. The molecule has 3 N–H and O–H groups in total. The lowest BCUT2D eigenvalue weighted by Crippen LogP contribution is -2.05. The van der Waals surface area contributed by atoms with Crippen LogP contribution >= 0.6 is 0 Å². The molecule has 2 aromatic carbocycles. The highest BCUT2D eigenvalue weighted by Gasteiger charge is 2.20. The van der Waals surface area contributed by atoms with E-state index in [1.807, 2.05) is 6.92 Å². The van der Waals surface area contributed by atoms with Crippen LogP contribution in [0.2, 0.25) is 0 Å². The highest BCUT2D eigenvalue weighted by molar-refractivity contribution is 5.89. The molecule has 0 aliphatic carbocycles. The zero-order valence-corrected chi connectivity index (χ0v) is 15.1. The Morgan fingerprint density at radius 2 is 1.89 bits per heavy atom. The first-order valence-corrected chi connectivity index (χ1v) is 8.35. The van der Waals surface area contributed by atoms with E-state index < -0.39 is 0 Å². The molecule has 0 aliphatic rings. The van der Waals surface area contributed by atoms with Crippen molar-refractivity contribution in [2.24, 2.45) is 0 Å². The van der Waals surface area contributed by atoms with Crippen LogP contribution in [0.3, 0.4) is 0 Å². The predicted octanol–water partition coefficient (Wildman–Crippen LogP) is 4.09. The maximum atomic E-state index is 12.8. The Morgan fingerprint density at radius 3 is 2.52 bits per heavy atom. The van der Waals surface area contributed by atoms with Gasteiger partial charge in [-0.05, 0) is 31.9 Å². The van der Waals surface area contributed by atoms with Crippen LogP contribution in [-0.4, -0.2) is 22.4 Å². The van der Waals surface area contributed by atoms with Crippen molar-refractivity contribution < 1.29 is 24.5 Å². The second kappa shape index (κ2) is 7.07. The predicted molar refractivity (Wildman–Crippen MR) is 103 cm³/mol. The zero-order valence-electron chi connectivity index (χ0n) is 15.1. The van der Waals surface area contributed by atoms with Crippen molar-refractivity contribution in [2.75, 3.05) is 7.11 Å². The maximum Gasteiger partial charge on any atom is 0.197 e. The van der Waals surface area contributed by atoms with E-state index in [0.717, 1.165) is 11.6 Å². The summed E-state index contributed by atoms with van der Waals surface area (Å²) in [7, 11) is 1.40. The Bertz CT molecular complexity index is 1090. The molecule has 0 fully saturated rings. The Morgan fingerprint density at radius 1 is 1.15 bits per heavy atom. The lowest BCUT2D eigenvalue weighted by molar-refractivity contribution is 0.409. The first kappa shape index (κ1) is 18.4. The summed E-state index contributed by atoms with van der Waals surface area (Å²) in [5, 5.41) is 30.2. The molecular weight excluding hydrogens is 348 g/mol. The monoisotopic (exact) mass is 368 g/mol. The first-order valence-electron chi connectivity index (χ1n) is 8.35. The van der Waals surface area contributed by atoms with E-state index in [-0.39, 0.29) is 50.7 Å². The van der Waals surface area contributed by atoms with Crippen molar-refractivity contribution in [1.29, 1.82) is 0 Å². The van der Waals surface area contributed by atoms with Crippen molar-refractivity contribution in [3.05, 3.63) is 58.3 Å². The third-order valence-corrected chi connectivity index (χ3v) is 4.31. The van der Waals surface area contributed by atoms with Crippen LogP contribution in [0.5, 0.6) is 23.0 Å². The molecular formula is C21H20O6. The minimum absolute atomic E-state index is 0.0455. The van der Waals surface area contributed by atoms with Gasteiger partial charge in [0.15, 0.2) is 5.43 Å². The molecule has 3 aromatic rings. The van der Waals surface area contributed by atoms with E-state index in [0.29, 0.717) is 18.4 Å². The quantitative estimate of drug-likeness (QED) is 0.587. The van der Waals surface area contributed by atoms with E-state index in [2.05, 4.69) is 6.58 Å². The van der Waals surface area contributed by atoms with E-state index >= 15 is 0 Å². The van der Waals surface area contributed by atoms with Gasteiger partial charge in [0.2, 0.25) is 0 Å². The molecule has 6 heteroatoms. The number of allylic oxidation sites excluding steroid dienone is 1. The van der Waals surface area contributed by atoms with Gasteiger partial charge in [0.05, 0.1) is 12.7 Å². The number of benzene rings is 2. The number of aryl methyl sites for hydroxylation is 1. The third-order valence-electron chi connectivity index (χ3n) is 4.31. The molecule has 0 atom stereocenters. The van der Waals surface area contributed by atoms with Crippen LogP contribution in [0.4, 0.5) is 0 Å². The molecule has 6 nitrogen and oxygen atoms in total. The molecule has 0 unspecified atom stereocenters. The van der Waals surface area contributed by atoms with Crippen molar-refractivity contribution >= 4 is 11.0 Å². The standard InChI is InChI=1S/C21H20O6/c1-11(2)4-6-14-16(24)9-19(26-3)20-17(25)10-18(27-21(14)20)13-7-5-12(22)8-15(13)23/h5,7-10,22-24H,1,4,6H2,2-3H3. The molecule has 0 radical (unpaired) electrons. The second-order valence-corrected chi connectivity index (χ2v) is 6.41. The normalized spacial score (nSPS) is 10.9. The van der Waals surface area contributed by atoms with Crippen molar-refractivity contribution in [3.8, 4) is 34.3 Å². The molecule has 0 saturated heterocycles. The zero-order chi connectivity index (χ0) is 19.7. The lowest BCUT2D eigenvalue weighted by Gasteiger charge is -2.13. The van der Waals surface area contributed by atoms with Gasteiger partial charge in [-0.25, -0.2) is 0 Å². The highest BCUT2D eigenvalue weighted by Crippen LogP contribution is 2.38. The van der Waals surface area contributed by atoms with Gasteiger partial charge < -0.3 is 24.5 Å². The van der Waals surface area contributed by atoms with Gasteiger partial charge in [-0.3, -0.25) is 4.79 Å². The summed E-state index contributed by atoms with van der Waals surface area (Å²) in [6, 6.07) is 6.62. The lowest BCUT2D eigenvalue weighted by atomic mass is 10.0. The second-order valence-electron chi connectivity index (χ2n) is 6.41. The molecule has 0 amide bonds. The van der Waals surface area contributed by atoms with E-state index in [1.165, 1.54) is 31.4 Å². The molecule has 140 valence electrons. The average Bonchev–Trinajstić information content (AvgIpc) is 2.59. The van der Waals surface area contributed by atoms with E-state index in [4.69, 9.17) is 9.15 Å². The van der Waals surface area contributed by atoms with Gasteiger partial charge in [-0.2, -0.15) is 0 Å². The Balaban J connectivity index is 2.32. The van der Waals surface area contributed by atoms with Crippen LogP contribution < -0.4 is 10.2 Å². The minimum Gasteiger partial charge on any atom is -0.508 e. The smallest absolute Gasteiger partial charge is 0.197 e. The summed E-state index contributed by atoms with van der Waals surface area (Å²) in [4.78, 5) is 12.8. The number of fused-ring (bicyclic) bond motifs is 1. The van der Waals surface area contributed by atoms with Crippen LogP contribution in [0.15, 0.2) is 51.7 Å². The van der Waals surface area contributed by atoms with Gasteiger partial charge in [0.25, 0.3) is 0 Å². The van der Waals surface area contributed by atoms with Gasteiger partial charge in [0.1, 0.15) is 39.7 Å². The maximum absolute atomic E-state index is 12.8. The Hall–Kier alpha value is -3.41. The Kier molecular flexibility index (Phi) is 4.81. The third kappa shape index (κ3) is 3.46. The number of aromatic hydroxyl groups is 3. The van der Waals surface area contributed by atoms with Crippen LogP contribution in [0, 0.1) is 0 Å². The van der Waals surface area contributed by atoms with Crippen molar-refractivity contribution in [1.82, 2.24) is 0 Å². The van der Waals surface area contributed by atoms with Gasteiger partial charge in [-0.1, -0.05) is 5.57 Å².